The molecule has 0 saturated heterocycles. The molecule has 2 aromatic heterocycles. The summed E-state index contributed by atoms with van der Waals surface area (Å²) in [6.45, 7) is 0.589. The summed E-state index contributed by atoms with van der Waals surface area (Å²) in [5.74, 6) is 6.76. The molecule has 0 fully saturated rings. The van der Waals surface area contributed by atoms with Gasteiger partial charge in [0.25, 0.3) is 5.19 Å². The molecule has 31 heavy (non-hydrogen) atoms. The number of rotatable bonds is 5. The van der Waals surface area contributed by atoms with Crippen molar-refractivity contribution >= 4 is 28.1 Å². The largest absolute Gasteiger partial charge is 0.431 e. The number of thiazole rings is 1. The average Bonchev–Trinajstić information content (AvgIpc) is 3.20. The molecule has 0 spiro atoms. The van der Waals surface area contributed by atoms with Crippen molar-refractivity contribution in [1.29, 1.82) is 0 Å². The van der Waals surface area contributed by atoms with Crippen LogP contribution in [0.4, 0.5) is 19.0 Å². The minimum absolute atomic E-state index is 0.0740. The number of nitrogens with one attached hydrogen (secondary N) is 1. The second-order valence-electron chi connectivity index (χ2n) is 6.34. The number of anilines is 1. The minimum atomic E-state index is -4.43. The van der Waals surface area contributed by atoms with Crippen LogP contribution in [0, 0.1) is 11.8 Å². The molecule has 4 rings (SSSR count). The molecule has 0 aliphatic rings. The first-order chi connectivity index (χ1) is 15.0. The van der Waals surface area contributed by atoms with Crippen molar-refractivity contribution in [2.45, 2.75) is 12.6 Å². The number of aromatic nitrogens is 3. The molecule has 0 atom stereocenters. The molecule has 0 aliphatic heterocycles. The Morgan fingerprint density at radius 1 is 1.06 bits per heavy atom. The molecular formula is C22H15F3N4OS. The summed E-state index contributed by atoms with van der Waals surface area (Å²) in [7, 11) is 0. The fourth-order valence-electron chi connectivity index (χ4n) is 2.74. The Balaban J connectivity index is 1.33. The van der Waals surface area contributed by atoms with Gasteiger partial charge in [-0.25, -0.2) is 9.97 Å². The minimum Gasteiger partial charge on any atom is -0.431 e. The Morgan fingerprint density at radius 3 is 2.81 bits per heavy atom. The van der Waals surface area contributed by atoms with Crippen LogP contribution in [0.3, 0.4) is 0 Å². The number of hydrogen-bond donors (Lipinski definition) is 1. The van der Waals surface area contributed by atoms with Crippen LogP contribution in [-0.2, 0) is 6.18 Å². The van der Waals surface area contributed by atoms with Crippen LogP contribution in [-0.4, -0.2) is 21.5 Å². The zero-order valence-electron chi connectivity index (χ0n) is 16.0. The number of alkyl halides is 3. The van der Waals surface area contributed by atoms with Crippen LogP contribution in [0.1, 0.15) is 17.7 Å². The van der Waals surface area contributed by atoms with E-state index in [1.165, 1.54) is 29.8 Å². The van der Waals surface area contributed by atoms with E-state index >= 15 is 0 Å². The van der Waals surface area contributed by atoms with E-state index in [-0.39, 0.29) is 10.9 Å². The Hall–Kier alpha value is -3.64. The smallest absolute Gasteiger partial charge is 0.416 e. The molecule has 0 unspecified atom stereocenters. The summed E-state index contributed by atoms with van der Waals surface area (Å²) in [6, 6.07) is 12.4. The molecule has 2 heterocycles. The molecule has 0 aliphatic carbocycles. The van der Waals surface area contributed by atoms with Crippen LogP contribution >= 0.6 is 11.3 Å². The molecule has 0 saturated carbocycles. The van der Waals surface area contributed by atoms with Gasteiger partial charge in [0.1, 0.15) is 23.6 Å². The third-order valence-electron chi connectivity index (χ3n) is 4.15. The number of ether oxygens (including phenoxy) is 1. The SMILES string of the molecule is FC(F)(F)c1cccc(Oc2nc(C#CCCNc3ncnc4ccccc34)cs2)c1. The summed E-state index contributed by atoms with van der Waals surface area (Å²) in [5.41, 5.74) is 0.590. The Labute approximate surface area is 180 Å². The number of para-hydroxylation sites is 1. The highest BCUT2D eigenvalue weighted by Crippen LogP contribution is 2.33. The molecule has 0 radical (unpaired) electrons. The fourth-order valence-corrected chi connectivity index (χ4v) is 3.36. The van der Waals surface area contributed by atoms with Gasteiger partial charge in [0.2, 0.25) is 0 Å². The number of hydrogen-bond acceptors (Lipinski definition) is 6. The first-order valence-corrected chi connectivity index (χ1v) is 10.1. The van der Waals surface area contributed by atoms with Gasteiger partial charge in [-0.15, -0.1) is 0 Å². The summed E-state index contributed by atoms with van der Waals surface area (Å²) < 4.78 is 43.8. The third-order valence-corrected chi connectivity index (χ3v) is 4.87. The highest BCUT2D eigenvalue weighted by molar-refractivity contribution is 7.11. The maximum atomic E-state index is 12.8. The van der Waals surface area contributed by atoms with Crippen LogP contribution in [0.2, 0.25) is 0 Å². The number of nitrogens with zero attached hydrogens (tertiary/aromatic N) is 3. The lowest BCUT2D eigenvalue weighted by atomic mass is 10.2. The van der Waals surface area contributed by atoms with Gasteiger partial charge in [-0.05, 0) is 36.3 Å². The summed E-state index contributed by atoms with van der Waals surface area (Å²) in [6.07, 6.45) is -2.36. The maximum absolute atomic E-state index is 12.8. The lowest BCUT2D eigenvalue weighted by molar-refractivity contribution is -0.137. The molecule has 9 heteroatoms. The molecule has 156 valence electrons. The van der Waals surface area contributed by atoms with Crippen molar-refractivity contribution in [2.75, 3.05) is 11.9 Å². The van der Waals surface area contributed by atoms with E-state index in [1.54, 1.807) is 5.38 Å². The van der Waals surface area contributed by atoms with Crippen molar-refractivity contribution in [3.05, 3.63) is 71.5 Å². The first-order valence-electron chi connectivity index (χ1n) is 9.22. The van der Waals surface area contributed by atoms with Gasteiger partial charge in [0, 0.05) is 23.7 Å². The second kappa shape index (κ2) is 9.02. The predicted octanol–water partition coefficient (Wildman–Crippen LogP) is 5.75. The molecule has 5 nitrogen and oxygen atoms in total. The van der Waals surface area contributed by atoms with Crippen molar-refractivity contribution in [2.24, 2.45) is 0 Å². The molecule has 0 bridgehead atoms. The van der Waals surface area contributed by atoms with Gasteiger partial charge in [-0.2, -0.15) is 18.2 Å². The Morgan fingerprint density at radius 2 is 1.94 bits per heavy atom. The molecule has 2 aromatic carbocycles. The van der Waals surface area contributed by atoms with Gasteiger partial charge in [0.15, 0.2) is 0 Å². The maximum Gasteiger partial charge on any atom is 0.416 e. The summed E-state index contributed by atoms with van der Waals surface area (Å²) >= 11 is 1.17. The Bertz CT molecular complexity index is 1260. The van der Waals surface area contributed by atoms with Crippen molar-refractivity contribution < 1.29 is 17.9 Å². The first kappa shape index (κ1) is 20.6. The van der Waals surface area contributed by atoms with Gasteiger partial charge >= 0.3 is 6.18 Å². The van der Waals surface area contributed by atoms with Gasteiger partial charge < -0.3 is 10.1 Å². The molecular weight excluding hydrogens is 425 g/mol. The zero-order valence-corrected chi connectivity index (χ0v) is 16.8. The lowest BCUT2D eigenvalue weighted by Crippen LogP contribution is -2.04. The van der Waals surface area contributed by atoms with E-state index in [4.69, 9.17) is 4.74 Å². The second-order valence-corrected chi connectivity index (χ2v) is 7.16. The van der Waals surface area contributed by atoms with Crippen LogP contribution in [0.25, 0.3) is 10.9 Å². The molecule has 1 N–H and O–H groups in total. The van der Waals surface area contributed by atoms with Crippen LogP contribution < -0.4 is 10.1 Å². The topological polar surface area (TPSA) is 59.9 Å². The van der Waals surface area contributed by atoms with Crippen LogP contribution in [0.5, 0.6) is 10.9 Å². The van der Waals surface area contributed by atoms with E-state index in [1.807, 2.05) is 24.3 Å². The molecule has 4 aromatic rings. The zero-order chi connectivity index (χ0) is 21.7. The fraction of sp³-hybridized carbons (Fsp3) is 0.136. The monoisotopic (exact) mass is 440 g/mol. The summed E-state index contributed by atoms with van der Waals surface area (Å²) in [4.78, 5) is 12.7. The number of fused-ring (bicyclic) bond motifs is 1. The van der Waals surface area contributed by atoms with E-state index in [9.17, 15) is 13.2 Å². The number of benzene rings is 2. The van der Waals surface area contributed by atoms with Gasteiger partial charge in [-0.3, -0.25) is 0 Å². The molecule has 0 amide bonds. The van der Waals surface area contributed by atoms with Crippen molar-refractivity contribution in [3.8, 4) is 22.8 Å². The van der Waals surface area contributed by atoms with Crippen molar-refractivity contribution in [3.63, 3.8) is 0 Å². The van der Waals surface area contributed by atoms with E-state index in [0.717, 1.165) is 28.9 Å². The van der Waals surface area contributed by atoms with E-state index in [2.05, 4.69) is 32.1 Å². The Kier molecular flexibility index (Phi) is 6.00. The van der Waals surface area contributed by atoms with Crippen LogP contribution in [0.15, 0.2) is 60.2 Å². The average molecular weight is 440 g/mol. The highest BCUT2D eigenvalue weighted by Gasteiger charge is 2.30. The lowest BCUT2D eigenvalue weighted by Gasteiger charge is -2.08. The number of halogens is 3. The highest BCUT2D eigenvalue weighted by atomic mass is 32.1. The normalized spacial score (nSPS) is 11.1. The van der Waals surface area contributed by atoms with Gasteiger partial charge in [0.05, 0.1) is 11.1 Å². The quantitative estimate of drug-likeness (QED) is 0.316. The van der Waals surface area contributed by atoms with Crippen molar-refractivity contribution in [1.82, 2.24) is 15.0 Å². The van der Waals surface area contributed by atoms with E-state index in [0.29, 0.717) is 18.7 Å². The summed E-state index contributed by atoms with van der Waals surface area (Å²) in [5, 5.41) is 6.11. The van der Waals surface area contributed by atoms with Gasteiger partial charge in [-0.1, -0.05) is 35.5 Å². The standard InChI is InChI=1S/C22H15F3N4OS/c23-22(24,25)15-6-5-8-17(12-15)30-21-29-16(13-31-21)7-3-4-11-26-20-18-9-1-2-10-19(18)27-14-28-20/h1-2,5-6,8-10,12-14H,4,11H2,(H,26,27,28). The predicted molar refractivity (Wildman–Crippen MR) is 113 cm³/mol. The van der Waals surface area contributed by atoms with E-state index < -0.39 is 11.7 Å². The third kappa shape index (κ3) is 5.29.